The number of rotatable bonds is 13. The molecular weight excluding hydrogens is 600 g/mol. The maximum absolute atomic E-state index is 13.3. The van der Waals surface area contributed by atoms with Gasteiger partial charge in [0.25, 0.3) is 5.91 Å². The third-order valence-corrected chi connectivity index (χ3v) is 8.30. The number of benzene rings is 3. The molecule has 244 valence electrons. The maximum atomic E-state index is 13.3. The van der Waals surface area contributed by atoms with E-state index in [2.05, 4.69) is 18.1 Å². The van der Waals surface area contributed by atoms with Crippen LogP contribution in [0.3, 0.4) is 0 Å². The van der Waals surface area contributed by atoms with E-state index in [1.807, 2.05) is 54.4 Å². The fraction of sp³-hybridized carbons (Fsp3) is 0.306. The summed E-state index contributed by atoms with van der Waals surface area (Å²) in [5, 5.41) is 22.8. The van der Waals surface area contributed by atoms with Crippen molar-refractivity contribution in [2.75, 3.05) is 31.1 Å². The molecule has 3 aromatic carbocycles. The van der Waals surface area contributed by atoms with E-state index in [9.17, 15) is 19.2 Å². The predicted octanol–water partition coefficient (Wildman–Crippen LogP) is 4.97. The number of carbonyl (C=O) groups excluding carboxylic acids is 2. The number of ether oxygens (including phenoxy) is 1. The topological polar surface area (TPSA) is 142 Å². The van der Waals surface area contributed by atoms with Gasteiger partial charge in [0, 0.05) is 36.0 Å². The van der Waals surface area contributed by atoms with Crippen molar-refractivity contribution in [1.29, 1.82) is 0 Å². The largest absolute Gasteiger partial charge is 0.493 e. The molecule has 47 heavy (non-hydrogen) atoms. The van der Waals surface area contributed by atoms with Crippen molar-refractivity contribution in [1.82, 2.24) is 14.7 Å². The zero-order valence-corrected chi connectivity index (χ0v) is 26.5. The Morgan fingerprint density at radius 1 is 0.957 bits per heavy atom. The zero-order valence-electron chi connectivity index (χ0n) is 26.5. The number of anilines is 1. The lowest BCUT2D eigenvalue weighted by Crippen LogP contribution is -2.39. The van der Waals surface area contributed by atoms with Crippen LogP contribution in [0.5, 0.6) is 5.75 Å². The van der Waals surface area contributed by atoms with Crippen molar-refractivity contribution >= 4 is 29.4 Å². The Labute approximate surface area is 273 Å². The number of aromatic nitrogens is 2. The van der Waals surface area contributed by atoms with Crippen LogP contribution in [0.25, 0.3) is 11.1 Å². The second kappa shape index (κ2) is 14.8. The summed E-state index contributed by atoms with van der Waals surface area (Å²) >= 11 is 0. The Morgan fingerprint density at radius 3 is 2.47 bits per heavy atom. The molecule has 1 aliphatic rings. The number of fused-ring (bicyclic) bond motifs is 1. The normalized spacial score (nSPS) is 12.3. The molecule has 11 nitrogen and oxygen atoms in total. The molecule has 2 N–H and O–H groups in total. The van der Waals surface area contributed by atoms with Crippen LogP contribution in [0.1, 0.15) is 51.9 Å². The highest BCUT2D eigenvalue weighted by Gasteiger charge is 2.25. The molecule has 0 spiro atoms. The molecule has 4 aromatic rings. The number of amides is 2. The first kappa shape index (κ1) is 32.9. The molecule has 1 aromatic heterocycles. The highest BCUT2D eigenvalue weighted by molar-refractivity contribution is 5.98. The molecule has 0 aliphatic carbocycles. The van der Waals surface area contributed by atoms with Gasteiger partial charge < -0.3 is 24.7 Å². The number of aliphatic carboxylic acids is 2. The zero-order chi connectivity index (χ0) is 33.5. The fourth-order valence-corrected chi connectivity index (χ4v) is 5.86. The molecule has 5 rings (SSSR count). The Kier molecular flexibility index (Phi) is 10.3. The summed E-state index contributed by atoms with van der Waals surface area (Å²) in [4.78, 5) is 51.3. The van der Waals surface area contributed by atoms with Gasteiger partial charge in [0.15, 0.2) is 0 Å². The number of hydrogen-bond acceptors (Lipinski definition) is 6. The van der Waals surface area contributed by atoms with Crippen molar-refractivity contribution < 1.29 is 34.1 Å². The van der Waals surface area contributed by atoms with Gasteiger partial charge in [-0.25, -0.2) is 0 Å². The van der Waals surface area contributed by atoms with E-state index in [1.165, 1.54) is 11.6 Å². The molecule has 0 saturated heterocycles. The minimum atomic E-state index is -1.30. The third kappa shape index (κ3) is 8.04. The van der Waals surface area contributed by atoms with Crippen molar-refractivity contribution in [3.8, 4) is 16.9 Å². The molecule has 0 unspecified atom stereocenters. The molecule has 2 heterocycles. The molecule has 0 bridgehead atoms. The smallest absolute Gasteiger partial charge is 0.323 e. The van der Waals surface area contributed by atoms with Gasteiger partial charge in [-0.05, 0) is 85.2 Å². The number of aryl methyl sites for hydroxylation is 1. The SMILES string of the molecule is Cc1cccc(OCCCC(=O)N2CCCc3c(-c4cnn(Cc5cccc(C(=O)N(CC(=O)O)CC(=O)O)c5)c4)cccc32)c1C. The van der Waals surface area contributed by atoms with E-state index in [1.54, 1.807) is 23.0 Å². The van der Waals surface area contributed by atoms with Gasteiger partial charge in [-0.3, -0.25) is 23.9 Å². The lowest BCUT2D eigenvalue weighted by Gasteiger charge is -2.31. The average molecular weight is 639 g/mol. The molecule has 0 atom stereocenters. The summed E-state index contributed by atoms with van der Waals surface area (Å²) in [6, 6.07) is 18.6. The molecule has 2 amide bonds. The first-order valence-electron chi connectivity index (χ1n) is 15.6. The van der Waals surface area contributed by atoms with E-state index < -0.39 is 30.9 Å². The average Bonchev–Trinajstić information content (AvgIpc) is 3.51. The number of carboxylic acids is 2. The molecule has 1 aliphatic heterocycles. The number of nitrogens with zero attached hydrogens (tertiary/aromatic N) is 4. The number of hydrogen-bond donors (Lipinski definition) is 2. The van der Waals surface area contributed by atoms with Gasteiger partial charge in [0.05, 0.1) is 19.3 Å². The van der Waals surface area contributed by atoms with Gasteiger partial charge in [-0.15, -0.1) is 0 Å². The fourth-order valence-electron chi connectivity index (χ4n) is 5.86. The van der Waals surface area contributed by atoms with Gasteiger partial charge in [0.1, 0.15) is 18.8 Å². The first-order chi connectivity index (χ1) is 22.6. The van der Waals surface area contributed by atoms with E-state index in [4.69, 9.17) is 14.9 Å². The van der Waals surface area contributed by atoms with Gasteiger partial charge in [0.2, 0.25) is 5.91 Å². The predicted molar refractivity (Wildman–Crippen MR) is 176 cm³/mol. The number of carbonyl (C=O) groups is 4. The Hall–Kier alpha value is -5.45. The van der Waals surface area contributed by atoms with E-state index in [-0.39, 0.29) is 11.5 Å². The first-order valence-corrected chi connectivity index (χ1v) is 15.6. The monoisotopic (exact) mass is 638 g/mol. The van der Waals surface area contributed by atoms with E-state index >= 15 is 0 Å². The standard InChI is InChI=1S/C36H38N4O7/c1-24-8-3-14-32(25(24)2)47-17-7-15-33(41)40-16-6-12-30-29(11-5-13-31(30)40)28-19-37-39(21-28)20-26-9-4-10-27(18-26)36(46)38(22-34(42)43)23-35(44)45/h3-5,8-11,13-14,18-19,21H,6-7,12,15-17,20,22-23H2,1-2H3,(H,42,43)(H,44,45). The summed E-state index contributed by atoms with van der Waals surface area (Å²) < 4.78 is 7.70. The Morgan fingerprint density at radius 2 is 1.70 bits per heavy atom. The second-order valence-corrected chi connectivity index (χ2v) is 11.7. The van der Waals surface area contributed by atoms with Crippen molar-refractivity contribution in [3.63, 3.8) is 0 Å². The van der Waals surface area contributed by atoms with Crippen LogP contribution in [0.2, 0.25) is 0 Å². The quantitative estimate of drug-likeness (QED) is 0.196. The second-order valence-electron chi connectivity index (χ2n) is 11.7. The van der Waals surface area contributed by atoms with Gasteiger partial charge in [-0.2, -0.15) is 5.10 Å². The molecular formula is C36H38N4O7. The van der Waals surface area contributed by atoms with Crippen LogP contribution >= 0.6 is 0 Å². The summed E-state index contributed by atoms with van der Waals surface area (Å²) in [5.41, 5.74) is 7.14. The highest BCUT2D eigenvalue weighted by Crippen LogP contribution is 2.36. The van der Waals surface area contributed by atoms with Crippen LogP contribution in [0, 0.1) is 13.8 Å². The van der Waals surface area contributed by atoms with E-state index in [0.717, 1.165) is 57.0 Å². The van der Waals surface area contributed by atoms with Crippen LogP contribution in [0.15, 0.2) is 73.1 Å². The molecule has 0 saturated carbocycles. The third-order valence-electron chi connectivity index (χ3n) is 8.30. The van der Waals surface area contributed by atoms with E-state index in [0.29, 0.717) is 32.5 Å². The molecule has 0 fully saturated rings. The summed E-state index contributed by atoms with van der Waals surface area (Å²) in [6.45, 7) is 4.12. The summed E-state index contributed by atoms with van der Waals surface area (Å²) in [7, 11) is 0. The maximum Gasteiger partial charge on any atom is 0.323 e. The van der Waals surface area contributed by atoms with Crippen molar-refractivity contribution in [2.45, 2.75) is 46.1 Å². The minimum absolute atomic E-state index is 0.0723. The molecule has 0 radical (unpaired) electrons. The van der Waals surface area contributed by atoms with Crippen LogP contribution < -0.4 is 9.64 Å². The van der Waals surface area contributed by atoms with Crippen LogP contribution in [0.4, 0.5) is 5.69 Å². The van der Waals surface area contributed by atoms with Crippen molar-refractivity contribution in [2.24, 2.45) is 0 Å². The van der Waals surface area contributed by atoms with Crippen molar-refractivity contribution in [3.05, 3.63) is 101 Å². The van der Waals surface area contributed by atoms with Gasteiger partial charge in [-0.1, -0.05) is 36.4 Å². The highest BCUT2D eigenvalue weighted by atomic mass is 16.5. The number of carboxylic acid groups (broad SMARTS) is 2. The Balaban J connectivity index is 1.25. The molecule has 11 heteroatoms. The lowest BCUT2D eigenvalue weighted by atomic mass is 9.93. The Bertz CT molecular complexity index is 1780. The van der Waals surface area contributed by atoms with Crippen LogP contribution in [-0.2, 0) is 27.3 Å². The van der Waals surface area contributed by atoms with Gasteiger partial charge >= 0.3 is 11.9 Å². The van der Waals surface area contributed by atoms with Crippen LogP contribution in [-0.4, -0.2) is 74.9 Å². The minimum Gasteiger partial charge on any atom is -0.493 e. The summed E-state index contributed by atoms with van der Waals surface area (Å²) in [5.74, 6) is -2.35. The summed E-state index contributed by atoms with van der Waals surface area (Å²) in [6.07, 6.45) is 6.38. The lowest BCUT2D eigenvalue weighted by molar-refractivity contribution is -0.140.